The number of likely N-dealkylation sites (tertiary alicyclic amines) is 1. The molecular weight excluding hydrogens is 318 g/mol. The molecule has 3 rings (SSSR count). The van der Waals surface area contributed by atoms with Crippen LogP contribution in [0.5, 0.6) is 0 Å². The number of aromatic nitrogens is 2. The minimum absolute atomic E-state index is 0.0653. The molecule has 1 aliphatic heterocycles. The van der Waals surface area contributed by atoms with Gasteiger partial charge in [-0.3, -0.25) is 4.79 Å². The van der Waals surface area contributed by atoms with Gasteiger partial charge in [0.2, 0.25) is 5.95 Å². The number of nitrogens with two attached hydrogens (primary N) is 1. The first-order chi connectivity index (χ1) is 12.1. The van der Waals surface area contributed by atoms with Gasteiger partial charge in [-0.2, -0.15) is 0 Å². The number of amides is 1. The number of imidazole rings is 1. The zero-order valence-electron chi connectivity index (χ0n) is 15.0. The first-order valence-electron chi connectivity index (χ1n) is 8.84. The van der Waals surface area contributed by atoms with Crippen LogP contribution in [0.2, 0.25) is 0 Å². The highest BCUT2D eigenvalue weighted by atomic mass is 16.5. The second-order valence-electron chi connectivity index (χ2n) is 6.60. The van der Waals surface area contributed by atoms with Crippen LogP contribution in [0.1, 0.15) is 29.6 Å². The molecule has 0 radical (unpaired) electrons. The van der Waals surface area contributed by atoms with Crippen molar-refractivity contribution in [2.24, 2.45) is 12.8 Å². The molecule has 0 aliphatic carbocycles. The lowest BCUT2D eigenvalue weighted by molar-refractivity contribution is 0.0761. The molecule has 1 atom stereocenters. The Morgan fingerprint density at radius 1 is 1.40 bits per heavy atom. The largest absolute Gasteiger partial charge is 0.383 e. The van der Waals surface area contributed by atoms with Gasteiger partial charge in [0.1, 0.15) is 0 Å². The summed E-state index contributed by atoms with van der Waals surface area (Å²) < 4.78 is 7.04. The summed E-state index contributed by atoms with van der Waals surface area (Å²) >= 11 is 0. The molecule has 0 saturated carbocycles. The van der Waals surface area contributed by atoms with E-state index in [1.54, 1.807) is 7.11 Å². The molecule has 3 N–H and O–H groups in total. The number of benzene rings is 1. The fourth-order valence-corrected chi connectivity index (χ4v) is 3.26. The summed E-state index contributed by atoms with van der Waals surface area (Å²) in [6.07, 6.45) is 2.82. The van der Waals surface area contributed by atoms with Crippen LogP contribution in [0.15, 0.2) is 18.2 Å². The van der Waals surface area contributed by atoms with E-state index in [-0.39, 0.29) is 11.9 Å². The highest BCUT2D eigenvalue weighted by Gasteiger charge is 2.20. The van der Waals surface area contributed by atoms with Crippen molar-refractivity contribution in [1.82, 2.24) is 14.5 Å². The van der Waals surface area contributed by atoms with E-state index in [4.69, 9.17) is 10.5 Å². The predicted octanol–water partition coefficient (Wildman–Crippen LogP) is 1.58. The first-order valence-corrected chi connectivity index (χ1v) is 8.84. The number of carbonyl (C=O) groups is 1. The number of anilines is 1. The SMILES string of the molecule is COCCNc1nc2cc(C(=O)N3CCCC(N)CC3)ccc2n1C. The van der Waals surface area contributed by atoms with Crippen molar-refractivity contribution in [3.05, 3.63) is 23.8 Å². The molecule has 136 valence electrons. The van der Waals surface area contributed by atoms with Crippen molar-refractivity contribution in [3.63, 3.8) is 0 Å². The third kappa shape index (κ3) is 3.93. The third-order valence-corrected chi connectivity index (χ3v) is 4.78. The summed E-state index contributed by atoms with van der Waals surface area (Å²) in [4.78, 5) is 19.3. The van der Waals surface area contributed by atoms with Crippen LogP contribution in [0, 0.1) is 0 Å². The number of nitrogens with one attached hydrogen (secondary N) is 1. The molecule has 1 saturated heterocycles. The Hall–Kier alpha value is -2.12. The van der Waals surface area contributed by atoms with Crippen LogP contribution < -0.4 is 11.1 Å². The van der Waals surface area contributed by atoms with Gasteiger partial charge in [-0.05, 0) is 37.5 Å². The molecule has 1 unspecified atom stereocenters. The fraction of sp³-hybridized carbons (Fsp3) is 0.556. The summed E-state index contributed by atoms with van der Waals surface area (Å²) in [6, 6.07) is 5.93. The Labute approximate surface area is 148 Å². The van der Waals surface area contributed by atoms with Gasteiger partial charge < -0.3 is 25.3 Å². The van der Waals surface area contributed by atoms with Crippen molar-refractivity contribution < 1.29 is 9.53 Å². The van der Waals surface area contributed by atoms with Crippen molar-refractivity contribution in [3.8, 4) is 0 Å². The standard InChI is InChI=1S/C18H27N5O2/c1-22-16-6-5-13(12-15(16)21-18(22)20-8-11-25-2)17(24)23-9-3-4-14(19)7-10-23/h5-6,12,14H,3-4,7-11,19H2,1-2H3,(H,20,21). The number of carbonyl (C=O) groups excluding carboxylic acids is 1. The molecule has 2 heterocycles. The second kappa shape index (κ2) is 7.84. The normalized spacial score (nSPS) is 18.4. The quantitative estimate of drug-likeness (QED) is 0.804. The molecule has 7 heteroatoms. The topological polar surface area (TPSA) is 85.4 Å². The van der Waals surface area contributed by atoms with Gasteiger partial charge in [0.25, 0.3) is 5.91 Å². The number of rotatable bonds is 5. The molecule has 25 heavy (non-hydrogen) atoms. The van der Waals surface area contributed by atoms with Crippen molar-refractivity contribution in [2.45, 2.75) is 25.3 Å². The molecule has 2 aromatic rings. The third-order valence-electron chi connectivity index (χ3n) is 4.78. The van der Waals surface area contributed by atoms with E-state index in [1.807, 2.05) is 34.7 Å². The maximum atomic E-state index is 12.8. The maximum absolute atomic E-state index is 12.8. The summed E-state index contributed by atoms with van der Waals surface area (Å²) in [5.74, 6) is 0.841. The lowest BCUT2D eigenvalue weighted by Gasteiger charge is -2.20. The molecule has 1 aliphatic rings. The number of fused-ring (bicyclic) bond motifs is 1. The number of hydrogen-bond donors (Lipinski definition) is 2. The van der Waals surface area contributed by atoms with E-state index < -0.39 is 0 Å². The number of ether oxygens (including phenoxy) is 1. The summed E-state index contributed by atoms with van der Waals surface area (Å²) in [7, 11) is 3.63. The minimum Gasteiger partial charge on any atom is -0.383 e. The minimum atomic E-state index is 0.0653. The van der Waals surface area contributed by atoms with E-state index >= 15 is 0 Å². The van der Waals surface area contributed by atoms with Gasteiger partial charge in [0, 0.05) is 45.4 Å². The van der Waals surface area contributed by atoms with E-state index in [1.165, 1.54) is 0 Å². The maximum Gasteiger partial charge on any atom is 0.253 e. The number of hydrogen-bond acceptors (Lipinski definition) is 5. The molecular formula is C18H27N5O2. The van der Waals surface area contributed by atoms with E-state index in [9.17, 15) is 4.79 Å². The van der Waals surface area contributed by atoms with E-state index in [0.717, 1.165) is 49.3 Å². The molecule has 1 amide bonds. The van der Waals surface area contributed by atoms with Crippen molar-refractivity contribution in [1.29, 1.82) is 0 Å². The lowest BCUT2D eigenvalue weighted by Crippen LogP contribution is -2.32. The number of nitrogens with zero attached hydrogens (tertiary/aromatic N) is 3. The fourth-order valence-electron chi connectivity index (χ4n) is 3.26. The molecule has 0 bridgehead atoms. The monoisotopic (exact) mass is 345 g/mol. The average molecular weight is 345 g/mol. The van der Waals surface area contributed by atoms with Gasteiger partial charge in [-0.1, -0.05) is 0 Å². The zero-order chi connectivity index (χ0) is 17.8. The Balaban J connectivity index is 1.79. The molecule has 1 fully saturated rings. The van der Waals surface area contributed by atoms with Crippen LogP contribution in [-0.4, -0.2) is 59.8 Å². The van der Waals surface area contributed by atoms with Crippen LogP contribution >= 0.6 is 0 Å². The highest BCUT2D eigenvalue weighted by Crippen LogP contribution is 2.21. The number of aryl methyl sites for hydroxylation is 1. The Morgan fingerprint density at radius 2 is 2.24 bits per heavy atom. The van der Waals surface area contributed by atoms with Crippen LogP contribution in [0.4, 0.5) is 5.95 Å². The first kappa shape index (κ1) is 17.7. The molecule has 0 spiro atoms. The van der Waals surface area contributed by atoms with Crippen LogP contribution in [0.25, 0.3) is 11.0 Å². The predicted molar refractivity (Wildman–Crippen MR) is 98.8 cm³/mol. The molecule has 1 aromatic heterocycles. The van der Waals surface area contributed by atoms with E-state index in [0.29, 0.717) is 18.7 Å². The summed E-state index contributed by atoms with van der Waals surface area (Å²) in [5, 5.41) is 3.25. The zero-order valence-corrected chi connectivity index (χ0v) is 15.0. The highest BCUT2D eigenvalue weighted by molar-refractivity contribution is 5.97. The van der Waals surface area contributed by atoms with Gasteiger partial charge in [0.05, 0.1) is 17.6 Å². The smallest absolute Gasteiger partial charge is 0.253 e. The second-order valence-corrected chi connectivity index (χ2v) is 6.60. The van der Waals surface area contributed by atoms with Crippen molar-refractivity contribution in [2.75, 3.05) is 38.7 Å². The van der Waals surface area contributed by atoms with Crippen molar-refractivity contribution >= 4 is 22.9 Å². The Bertz CT molecular complexity index is 742. The molecule has 7 nitrogen and oxygen atoms in total. The van der Waals surface area contributed by atoms with Gasteiger partial charge in [-0.15, -0.1) is 0 Å². The van der Waals surface area contributed by atoms with E-state index in [2.05, 4.69) is 10.3 Å². The summed E-state index contributed by atoms with van der Waals surface area (Å²) in [6.45, 7) is 2.80. The average Bonchev–Trinajstić information content (AvgIpc) is 2.78. The Morgan fingerprint density at radius 3 is 3.04 bits per heavy atom. The molecule has 1 aromatic carbocycles. The van der Waals surface area contributed by atoms with Gasteiger partial charge in [0.15, 0.2) is 0 Å². The Kier molecular flexibility index (Phi) is 5.55. The number of methoxy groups -OCH3 is 1. The summed E-state index contributed by atoms with van der Waals surface area (Å²) in [5.41, 5.74) is 8.51. The van der Waals surface area contributed by atoms with Gasteiger partial charge in [-0.25, -0.2) is 4.98 Å². The lowest BCUT2D eigenvalue weighted by atomic mass is 10.1. The van der Waals surface area contributed by atoms with Gasteiger partial charge >= 0.3 is 0 Å². The van der Waals surface area contributed by atoms with Crippen LogP contribution in [-0.2, 0) is 11.8 Å². The van der Waals surface area contributed by atoms with Crippen LogP contribution in [0.3, 0.4) is 0 Å².